The summed E-state index contributed by atoms with van der Waals surface area (Å²) in [4.78, 5) is 33.1. The molecule has 0 bridgehead atoms. The lowest BCUT2D eigenvalue weighted by Crippen LogP contribution is -2.69. The molecule has 0 aliphatic carbocycles. The number of nitrogens with one attached hydrogen (secondary N) is 1. The molecule has 2 aliphatic heterocycles. The van der Waals surface area contributed by atoms with Gasteiger partial charge in [-0.3, -0.25) is 14.5 Å². The van der Waals surface area contributed by atoms with Crippen molar-refractivity contribution in [1.29, 1.82) is 0 Å². The van der Waals surface area contributed by atoms with Crippen LogP contribution in [-0.4, -0.2) is 53.3 Å². The van der Waals surface area contributed by atoms with Crippen LogP contribution in [0.5, 0.6) is 0 Å². The molecule has 6 rings (SSSR count). The summed E-state index contributed by atoms with van der Waals surface area (Å²) in [5, 5.41) is 5.55. The van der Waals surface area contributed by atoms with E-state index >= 15 is 0 Å². The third kappa shape index (κ3) is 3.82. The van der Waals surface area contributed by atoms with Crippen molar-refractivity contribution in [3.8, 4) is 0 Å². The second-order valence-electron chi connectivity index (χ2n) is 9.15. The number of benzene rings is 2. The number of hydrogen-bond donors (Lipinski definition) is 1. The Balaban J connectivity index is 1.17. The van der Waals surface area contributed by atoms with Crippen LogP contribution in [0.25, 0.3) is 20.2 Å². The SMILES string of the molecule is CCc1sc2ccccc2c1CN1CCN2C(=O)C(Cc3cc4ccccc4s3)NC(=O)C2C1. The minimum Gasteiger partial charge on any atom is -0.342 e. The zero-order valence-electron chi connectivity index (χ0n) is 19.1. The van der Waals surface area contributed by atoms with E-state index in [-0.39, 0.29) is 11.8 Å². The third-order valence-electron chi connectivity index (χ3n) is 7.03. The minimum absolute atomic E-state index is 0.0266. The Labute approximate surface area is 207 Å². The number of fused-ring (bicyclic) bond motifs is 3. The lowest BCUT2D eigenvalue weighted by Gasteiger charge is -2.45. The Morgan fingerprint density at radius 2 is 1.79 bits per heavy atom. The van der Waals surface area contributed by atoms with Crippen molar-refractivity contribution in [2.45, 2.75) is 38.4 Å². The van der Waals surface area contributed by atoms with Crippen LogP contribution in [0.2, 0.25) is 0 Å². The molecule has 174 valence electrons. The lowest BCUT2D eigenvalue weighted by molar-refractivity contribution is -0.153. The number of aryl methyl sites for hydroxylation is 1. The first-order valence-electron chi connectivity index (χ1n) is 11.9. The van der Waals surface area contributed by atoms with Gasteiger partial charge in [-0.15, -0.1) is 22.7 Å². The van der Waals surface area contributed by atoms with Crippen LogP contribution in [0.4, 0.5) is 0 Å². The molecular formula is C27H27N3O2S2. The Bertz CT molecular complexity index is 1360. The third-order valence-corrected chi connectivity index (χ3v) is 9.53. The summed E-state index contributed by atoms with van der Waals surface area (Å²) in [6, 6.07) is 18.1. The Morgan fingerprint density at radius 3 is 2.62 bits per heavy atom. The first kappa shape index (κ1) is 21.8. The molecule has 2 aliphatic rings. The van der Waals surface area contributed by atoms with Crippen molar-refractivity contribution in [3.63, 3.8) is 0 Å². The van der Waals surface area contributed by atoms with Crippen LogP contribution in [0.15, 0.2) is 54.6 Å². The van der Waals surface area contributed by atoms with Crippen LogP contribution in [0.1, 0.15) is 22.2 Å². The summed E-state index contributed by atoms with van der Waals surface area (Å²) in [5.41, 5.74) is 1.38. The van der Waals surface area contributed by atoms with E-state index in [1.54, 1.807) is 11.3 Å². The first-order chi connectivity index (χ1) is 16.6. The van der Waals surface area contributed by atoms with Crippen molar-refractivity contribution < 1.29 is 9.59 Å². The molecule has 1 N–H and O–H groups in total. The number of piperazine rings is 2. The van der Waals surface area contributed by atoms with Crippen molar-refractivity contribution in [1.82, 2.24) is 15.1 Å². The molecule has 2 aromatic carbocycles. The normalized spacial score (nSPS) is 21.3. The van der Waals surface area contributed by atoms with E-state index in [4.69, 9.17) is 0 Å². The molecule has 7 heteroatoms. The van der Waals surface area contributed by atoms with Crippen molar-refractivity contribution >= 4 is 54.7 Å². The molecule has 4 aromatic rings. The van der Waals surface area contributed by atoms with Crippen LogP contribution in [0.3, 0.4) is 0 Å². The van der Waals surface area contributed by atoms with Gasteiger partial charge < -0.3 is 10.2 Å². The standard InChI is InChI=1S/C27H27N3O2S2/c1-2-23-20(19-8-4-6-10-25(19)34-23)15-29-11-12-30-22(16-29)26(31)28-21(27(30)32)14-18-13-17-7-3-5-9-24(17)33-18/h3-10,13,21-22H,2,11-12,14-16H2,1H3,(H,28,31). The van der Waals surface area contributed by atoms with Gasteiger partial charge in [0.2, 0.25) is 11.8 Å². The van der Waals surface area contributed by atoms with Gasteiger partial charge in [-0.1, -0.05) is 43.3 Å². The lowest BCUT2D eigenvalue weighted by atomic mass is 10.0. The highest BCUT2D eigenvalue weighted by Crippen LogP contribution is 2.33. The molecule has 5 nitrogen and oxygen atoms in total. The number of thiophene rings is 2. The summed E-state index contributed by atoms with van der Waals surface area (Å²) in [7, 11) is 0. The molecular weight excluding hydrogens is 462 g/mol. The van der Waals surface area contributed by atoms with Gasteiger partial charge in [0, 0.05) is 51.8 Å². The topological polar surface area (TPSA) is 52.6 Å². The van der Waals surface area contributed by atoms with E-state index in [0.29, 0.717) is 19.5 Å². The zero-order valence-corrected chi connectivity index (χ0v) is 20.8. The van der Waals surface area contributed by atoms with Gasteiger partial charge in [-0.25, -0.2) is 0 Å². The van der Waals surface area contributed by atoms with E-state index < -0.39 is 12.1 Å². The maximum absolute atomic E-state index is 13.3. The van der Waals surface area contributed by atoms with Gasteiger partial charge >= 0.3 is 0 Å². The van der Waals surface area contributed by atoms with Crippen LogP contribution >= 0.6 is 22.7 Å². The molecule has 2 aromatic heterocycles. The van der Waals surface area contributed by atoms with E-state index in [0.717, 1.165) is 24.4 Å². The summed E-state index contributed by atoms with van der Waals surface area (Å²) in [5.74, 6) is 0.0261. The van der Waals surface area contributed by atoms with Crippen molar-refractivity contribution in [2.24, 2.45) is 0 Å². The van der Waals surface area contributed by atoms with Crippen LogP contribution in [-0.2, 0) is 29.0 Å². The molecule has 2 atom stereocenters. The number of nitrogens with zero attached hydrogens (tertiary/aromatic N) is 2. The number of hydrogen-bond acceptors (Lipinski definition) is 5. The number of carbonyl (C=O) groups is 2. The average Bonchev–Trinajstić information content (AvgIpc) is 3.43. The van der Waals surface area contributed by atoms with Gasteiger partial charge in [-0.2, -0.15) is 0 Å². The fourth-order valence-corrected chi connectivity index (χ4v) is 7.58. The second kappa shape index (κ2) is 8.80. The van der Waals surface area contributed by atoms with Gasteiger partial charge in [0.05, 0.1) is 0 Å². The number of amides is 2. The molecule has 0 radical (unpaired) electrons. The Hall–Kier alpha value is -2.74. The quantitative estimate of drug-likeness (QED) is 0.451. The maximum atomic E-state index is 13.3. The summed E-state index contributed by atoms with van der Waals surface area (Å²) >= 11 is 3.57. The van der Waals surface area contributed by atoms with E-state index in [1.807, 2.05) is 28.4 Å². The fourth-order valence-electron chi connectivity index (χ4n) is 5.31. The summed E-state index contributed by atoms with van der Waals surface area (Å²) < 4.78 is 2.54. The van der Waals surface area contributed by atoms with Gasteiger partial charge in [0.1, 0.15) is 12.1 Å². The Kier molecular flexibility index (Phi) is 5.63. The van der Waals surface area contributed by atoms with E-state index in [9.17, 15) is 9.59 Å². The summed E-state index contributed by atoms with van der Waals surface area (Å²) in [6.45, 7) is 5.00. The molecule has 4 heterocycles. The highest BCUT2D eigenvalue weighted by atomic mass is 32.1. The number of carbonyl (C=O) groups excluding carboxylic acids is 2. The van der Waals surface area contributed by atoms with Gasteiger partial charge in [0.25, 0.3) is 0 Å². The van der Waals surface area contributed by atoms with E-state index in [1.165, 1.54) is 30.6 Å². The Morgan fingerprint density at radius 1 is 1.00 bits per heavy atom. The number of rotatable bonds is 5. The van der Waals surface area contributed by atoms with Crippen LogP contribution < -0.4 is 5.32 Å². The molecule has 34 heavy (non-hydrogen) atoms. The first-order valence-corrected chi connectivity index (χ1v) is 13.5. The van der Waals surface area contributed by atoms with E-state index in [2.05, 4.69) is 59.6 Å². The second-order valence-corrected chi connectivity index (χ2v) is 11.5. The summed E-state index contributed by atoms with van der Waals surface area (Å²) in [6.07, 6.45) is 1.56. The zero-order chi connectivity index (χ0) is 23.2. The molecule has 2 fully saturated rings. The largest absolute Gasteiger partial charge is 0.342 e. The highest BCUT2D eigenvalue weighted by molar-refractivity contribution is 7.19. The predicted molar refractivity (Wildman–Crippen MR) is 139 cm³/mol. The monoisotopic (exact) mass is 489 g/mol. The van der Waals surface area contributed by atoms with Crippen molar-refractivity contribution in [2.75, 3.05) is 19.6 Å². The predicted octanol–water partition coefficient (Wildman–Crippen LogP) is 4.43. The van der Waals surface area contributed by atoms with Crippen molar-refractivity contribution in [3.05, 3.63) is 69.9 Å². The molecule has 0 saturated carbocycles. The fraction of sp³-hybridized carbons (Fsp3) is 0.333. The molecule has 0 spiro atoms. The smallest absolute Gasteiger partial charge is 0.246 e. The van der Waals surface area contributed by atoms with Gasteiger partial charge in [0.15, 0.2) is 0 Å². The maximum Gasteiger partial charge on any atom is 0.246 e. The molecule has 2 unspecified atom stereocenters. The van der Waals surface area contributed by atoms with Crippen LogP contribution in [0, 0.1) is 0 Å². The molecule has 2 saturated heterocycles. The van der Waals surface area contributed by atoms with Gasteiger partial charge in [-0.05, 0) is 41.0 Å². The average molecular weight is 490 g/mol. The minimum atomic E-state index is -0.476. The highest BCUT2D eigenvalue weighted by Gasteiger charge is 2.43. The molecule has 2 amide bonds.